The molecule has 0 radical (unpaired) electrons. The summed E-state index contributed by atoms with van der Waals surface area (Å²) in [6.07, 6.45) is 0.522. The van der Waals surface area contributed by atoms with Crippen LogP contribution in [0.1, 0.15) is 12.0 Å². The maximum Gasteiger partial charge on any atom is 0.321 e. The van der Waals surface area contributed by atoms with Crippen molar-refractivity contribution in [1.82, 2.24) is 4.90 Å². The fourth-order valence-electron chi connectivity index (χ4n) is 2.11. The highest BCUT2D eigenvalue weighted by Crippen LogP contribution is 2.21. The van der Waals surface area contributed by atoms with Crippen LogP contribution in [0, 0.1) is 16.4 Å². The zero-order valence-corrected chi connectivity index (χ0v) is 12.7. The minimum atomic E-state index is -0.833. The predicted octanol–water partition coefficient (Wildman–Crippen LogP) is 2.54. The van der Waals surface area contributed by atoms with E-state index >= 15 is 0 Å². The number of urea groups is 1. The van der Waals surface area contributed by atoms with Crippen LogP contribution in [0.15, 0.2) is 18.2 Å². The first-order valence-corrected chi connectivity index (χ1v) is 7.10. The van der Waals surface area contributed by atoms with Gasteiger partial charge < -0.3 is 15.3 Å². The molecule has 1 atom stereocenters. The number of nitrogens with zero attached hydrogens (tertiary/aromatic N) is 1. The molecule has 0 bridgehead atoms. The van der Waals surface area contributed by atoms with Gasteiger partial charge in [-0.2, -0.15) is 0 Å². The summed E-state index contributed by atoms with van der Waals surface area (Å²) >= 11 is 2.22. The van der Waals surface area contributed by atoms with Gasteiger partial charge in [0, 0.05) is 22.3 Å². The molecule has 6 heteroatoms. The van der Waals surface area contributed by atoms with Crippen molar-refractivity contribution in [3.05, 3.63) is 27.3 Å². The van der Waals surface area contributed by atoms with Gasteiger partial charge >= 0.3 is 12.0 Å². The molecule has 1 heterocycles. The number of hydrogen-bond acceptors (Lipinski definition) is 2. The monoisotopic (exact) mass is 374 g/mol. The van der Waals surface area contributed by atoms with Crippen molar-refractivity contribution in [3.63, 3.8) is 0 Å². The van der Waals surface area contributed by atoms with Crippen molar-refractivity contribution >= 4 is 40.3 Å². The molecular weight excluding hydrogens is 359 g/mol. The molecule has 0 saturated carbocycles. The van der Waals surface area contributed by atoms with E-state index in [1.807, 2.05) is 25.1 Å². The van der Waals surface area contributed by atoms with Gasteiger partial charge in [0.1, 0.15) is 0 Å². The number of carboxylic acids is 1. The van der Waals surface area contributed by atoms with Gasteiger partial charge in [0.2, 0.25) is 0 Å². The van der Waals surface area contributed by atoms with Gasteiger partial charge in [-0.3, -0.25) is 4.79 Å². The number of amides is 2. The topological polar surface area (TPSA) is 69.6 Å². The third kappa shape index (κ3) is 3.37. The Labute approximate surface area is 125 Å². The second-order valence-electron chi connectivity index (χ2n) is 4.66. The molecule has 19 heavy (non-hydrogen) atoms. The van der Waals surface area contributed by atoms with E-state index in [4.69, 9.17) is 5.11 Å². The largest absolute Gasteiger partial charge is 0.481 e. The Bertz CT molecular complexity index is 519. The van der Waals surface area contributed by atoms with Crippen LogP contribution in [-0.4, -0.2) is 35.1 Å². The lowest BCUT2D eigenvalue weighted by molar-refractivity contribution is -0.141. The van der Waals surface area contributed by atoms with Crippen molar-refractivity contribution in [2.45, 2.75) is 13.3 Å². The molecule has 2 rings (SSSR count). The average Bonchev–Trinajstić information content (AvgIpc) is 2.82. The molecule has 1 aliphatic heterocycles. The van der Waals surface area contributed by atoms with Crippen LogP contribution in [0.5, 0.6) is 0 Å². The number of carbonyl (C=O) groups is 2. The molecule has 0 aromatic heterocycles. The smallest absolute Gasteiger partial charge is 0.321 e. The first kappa shape index (κ1) is 14.1. The van der Waals surface area contributed by atoms with Gasteiger partial charge in [-0.15, -0.1) is 0 Å². The average molecular weight is 374 g/mol. The number of halogens is 1. The van der Waals surface area contributed by atoms with Crippen molar-refractivity contribution in [3.8, 4) is 0 Å². The third-order valence-electron chi connectivity index (χ3n) is 3.25. The Morgan fingerprint density at radius 3 is 2.79 bits per heavy atom. The number of nitrogens with one attached hydrogen (secondary N) is 1. The standard InChI is InChI=1S/C13H15IN2O3/c1-8-6-10(14)2-3-11(8)15-13(19)16-5-4-9(7-16)12(17)18/h2-3,6,9H,4-5,7H2,1H3,(H,15,19)(H,17,18). The number of likely N-dealkylation sites (tertiary alicyclic amines) is 1. The van der Waals surface area contributed by atoms with Crippen LogP contribution in [0.2, 0.25) is 0 Å². The van der Waals surface area contributed by atoms with E-state index in [9.17, 15) is 9.59 Å². The Hall–Kier alpha value is -1.31. The second kappa shape index (κ2) is 5.77. The fourth-order valence-corrected chi connectivity index (χ4v) is 2.75. The molecule has 0 spiro atoms. The molecule has 102 valence electrons. The van der Waals surface area contributed by atoms with Crippen LogP contribution in [0.4, 0.5) is 10.5 Å². The van der Waals surface area contributed by atoms with Crippen LogP contribution in [-0.2, 0) is 4.79 Å². The molecular formula is C13H15IN2O3. The molecule has 1 aromatic rings. The Balaban J connectivity index is 2.00. The molecule has 2 N–H and O–H groups in total. The van der Waals surface area contributed by atoms with Gasteiger partial charge in [-0.25, -0.2) is 4.79 Å². The SMILES string of the molecule is Cc1cc(I)ccc1NC(=O)N1CCC(C(=O)O)C1. The minimum Gasteiger partial charge on any atom is -0.481 e. The summed E-state index contributed by atoms with van der Waals surface area (Å²) in [7, 11) is 0. The van der Waals surface area contributed by atoms with Gasteiger partial charge in [0.25, 0.3) is 0 Å². The quantitative estimate of drug-likeness (QED) is 0.782. The van der Waals surface area contributed by atoms with Crippen LogP contribution in [0.3, 0.4) is 0 Å². The van der Waals surface area contributed by atoms with Gasteiger partial charge in [0.05, 0.1) is 5.92 Å². The van der Waals surface area contributed by atoms with Crippen molar-refractivity contribution in [2.24, 2.45) is 5.92 Å². The predicted molar refractivity (Wildman–Crippen MR) is 80.2 cm³/mol. The maximum absolute atomic E-state index is 12.0. The van der Waals surface area contributed by atoms with E-state index in [0.717, 1.165) is 14.8 Å². The third-order valence-corrected chi connectivity index (χ3v) is 3.93. The van der Waals surface area contributed by atoms with E-state index in [0.29, 0.717) is 13.0 Å². The van der Waals surface area contributed by atoms with Crippen molar-refractivity contribution < 1.29 is 14.7 Å². The molecule has 1 saturated heterocycles. The molecule has 1 aliphatic rings. The summed E-state index contributed by atoms with van der Waals surface area (Å²) in [4.78, 5) is 24.5. The maximum atomic E-state index is 12.0. The summed E-state index contributed by atoms with van der Waals surface area (Å²) in [5.41, 5.74) is 1.76. The molecule has 5 nitrogen and oxygen atoms in total. The molecule has 1 fully saturated rings. The van der Waals surface area contributed by atoms with Crippen LogP contribution < -0.4 is 5.32 Å². The van der Waals surface area contributed by atoms with Crippen molar-refractivity contribution in [2.75, 3.05) is 18.4 Å². The van der Waals surface area contributed by atoms with Gasteiger partial charge in [-0.05, 0) is 59.7 Å². The summed E-state index contributed by atoms with van der Waals surface area (Å²) < 4.78 is 1.11. The second-order valence-corrected chi connectivity index (χ2v) is 5.90. The number of carbonyl (C=O) groups excluding carboxylic acids is 1. The molecule has 2 amide bonds. The lowest BCUT2D eigenvalue weighted by atomic mass is 10.1. The number of carboxylic acid groups (broad SMARTS) is 1. The van der Waals surface area contributed by atoms with E-state index in [2.05, 4.69) is 27.9 Å². The van der Waals surface area contributed by atoms with Crippen molar-refractivity contribution in [1.29, 1.82) is 0 Å². The first-order valence-electron chi connectivity index (χ1n) is 6.02. The number of aliphatic carboxylic acids is 1. The Morgan fingerprint density at radius 1 is 1.47 bits per heavy atom. The van der Waals surface area contributed by atoms with Gasteiger partial charge in [-0.1, -0.05) is 0 Å². The zero-order valence-electron chi connectivity index (χ0n) is 10.5. The van der Waals surface area contributed by atoms with E-state index in [1.54, 1.807) is 4.90 Å². The molecule has 0 aliphatic carbocycles. The fraction of sp³-hybridized carbons (Fsp3) is 0.385. The number of rotatable bonds is 2. The van der Waals surface area contributed by atoms with Crippen LogP contribution >= 0.6 is 22.6 Å². The summed E-state index contributed by atoms with van der Waals surface area (Å²) in [5.74, 6) is -1.27. The lowest BCUT2D eigenvalue weighted by Crippen LogP contribution is -2.34. The Morgan fingerprint density at radius 2 is 2.21 bits per heavy atom. The van der Waals surface area contributed by atoms with E-state index in [1.165, 1.54) is 0 Å². The summed E-state index contributed by atoms with van der Waals surface area (Å²) in [5, 5.41) is 11.7. The molecule has 1 unspecified atom stereocenters. The number of hydrogen-bond donors (Lipinski definition) is 2. The number of benzene rings is 1. The Kier molecular flexibility index (Phi) is 4.28. The van der Waals surface area contributed by atoms with Gasteiger partial charge in [0.15, 0.2) is 0 Å². The summed E-state index contributed by atoms with van der Waals surface area (Å²) in [6.45, 7) is 2.71. The number of aryl methyl sites for hydroxylation is 1. The highest BCUT2D eigenvalue weighted by atomic mass is 127. The van der Waals surface area contributed by atoms with Crippen LogP contribution in [0.25, 0.3) is 0 Å². The normalized spacial score (nSPS) is 18.4. The molecule has 1 aromatic carbocycles. The number of anilines is 1. The highest BCUT2D eigenvalue weighted by Gasteiger charge is 2.30. The zero-order chi connectivity index (χ0) is 14.0. The van der Waals surface area contributed by atoms with E-state index in [-0.39, 0.29) is 12.6 Å². The summed E-state index contributed by atoms with van der Waals surface area (Å²) in [6, 6.07) is 5.54. The minimum absolute atomic E-state index is 0.229. The first-order chi connectivity index (χ1) is 8.97. The highest BCUT2D eigenvalue weighted by molar-refractivity contribution is 14.1. The van der Waals surface area contributed by atoms with E-state index < -0.39 is 11.9 Å². The lowest BCUT2D eigenvalue weighted by Gasteiger charge is -2.17.